The Morgan fingerprint density at radius 2 is 0.681 bits per heavy atom. The highest BCUT2D eigenvalue weighted by molar-refractivity contribution is 5.76. The van der Waals surface area contributed by atoms with Gasteiger partial charge in [0.05, 0.1) is 25.4 Å². The van der Waals surface area contributed by atoms with Crippen molar-refractivity contribution >= 4 is 11.9 Å². The van der Waals surface area contributed by atoms with E-state index in [-0.39, 0.29) is 18.5 Å². The topological polar surface area (TPSA) is 95.9 Å². The fraction of sp³-hybridized carbons (Fsp3) is 0.905. The minimum atomic E-state index is -0.856. The third-order valence-electron chi connectivity index (χ3n) is 14.5. The van der Waals surface area contributed by atoms with Crippen molar-refractivity contribution in [3.8, 4) is 0 Å². The Labute approximate surface area is 431 Å². The lowest BCUT2D eigenvalue weighted by Gasteiger charge is -2.20. The maximum absolute atomic E-state index is 12.5. The number of aliphatic hydroxyl groups excluding tert-OH is 2. The number of nitrogens with one attached hydrogen (secondary N) is 1. The summed E-state index contributed by atoms with van der Waals surface area (Å²) in [6, 6.07) is -0.641. The van der Waals surface area contributed by atoms with E-state index in [4.69, 9.17) is 4.74 Å². The Morgan fingerprint density at radius 1 is 0.391 bits per heavy atom. The molecule has 0 bridgehead atoms. The first-order valence-electron chi connectivity index (χ1n) is 31.1. The number of carbonyl (C=O) groups is 2. The van der Waals surface area contributed by atoms with Gasteiger partial charge in [0, 0.05) is 12.8 Å². The first-order chi connectivity index (χ1) is 34.0. The molecule has 0 aliphatic rings. The SMILES string of the molecule is CCCCCCCCC/C=C\CCCCCCCCCC(=O)OCCCCCCCCCCCCCCC(=O)NC(CO)C(O)/C=C/CCCCCCCCCCCCCCCCCCCCCC. The van der Waals surface area contributed by atoms with E-state index in [0.29, 0.717) is 19.4 Å². The quantitative estimate of drug-likeness (QED) is 0.0321. The molecular weight excluding hydrogens is 851 g/mol. The van der Waals surface area contributed by atoms with E-state index in [2.05, 4.69) is 31.3 Å². The van der Waals surface area contributed by atoms with Crippen LogP contribution in [0.5, 0.6) is 0 Å². The minimum Gasteiger partial charge on any atom is -0.466 e. The van der Waals surface area contributed by atoms with Crippen LogP contribution in [0.4, 0.5) is 0 Å². The molecule has 6 nitrogen and oxygen atoms in total. The molecule has 0 rings (SSSR count). The number of amides is 1. The predicted molar refractivity (Wildman–Crippen MR) is 301 cm³/mol. The standard InChI is InChI=1S/C63H121NO5/c1-3-5-7-9-11-13-15-17-19-21-23-24-25-26-27-29-31-35-39-43-47-51-55-61(66)60(59-65)64-62(67)56-52-48-44-40-36-33-34-38-42-46-50-54-58-69-63(68)57-53-49-45-41-37-32-30-28-22-20-18-16-14-12-10-8-6-4-2/h20,22,51,55,60-61,65-66H,3-19,21,23-50,52-54,56-59H2,1-2H3,(H,64,67)/b22-20-,55-51+. The number of esters is 1. The van der Waals surface area contributed by atoms with Gasteiger partial charge in [0.2, 0.25) is 5.91 Å². The van der Waals surface area contributed by atoms with Crippen LogP contribution in [-0.4, -0.2) is 47.4 Å². The van der Waals surface area contributed by atoms with Gasteiger partial charge in [-0.1, -0.05) is 295 Å². The molecule has 0 aliphatic carbocycles. The molecule has 0 aromatic heterocycles. The molecule has 0 radical (unpaired) electrons. The van der Waals surface area contributed by atoms with Gasteiger partial charge in [0.1, 0.15) is 0 Å². The highest BCUT2D eigenvalue weighted by Crippen LogP contribution is 2.17. The number of aliphatic hydroxyl groups is 2. The van der Waals surface area contributed by atoms with E-state index in [1.165, 1.54) is 257 Å². The van der Waals surface area contributed by atoms with E-state index in [1.807, 2.05) is 6.08 Å². The van der Waals surface area contributed by atoms with Crippen molar-refractivity contribution in [1.29, 1.82) is 0 Å². The lowest BCUT2D eigenvalue weighted by atomic mass is 10.0. The maximum atomic E-state index is 12.5. The summed E-state index contributed by atoms with van der Waals surface area (Å²) >= 11 is 0. The normalized spacial score (nSPS) is 12.7. The van der Waals surface area contributed by atoms with E-state index in [0.717, 1.165) is 57.8 Å². The number of hydrogen-bond donors (Lipinski definition) is 3. The Bertz CT molecular complexity index is 1080. The van der Waals surface area contributed by atoms with E-state index in [9.17, 15) is 19.8 Å². The van der Waals surface area contributed by atoms with Gasteiger partial charge >= 0.3 is 5.97 Å². The summed E-state index contributed by atoms with van der Waals surface area (Å²) in [6.07, 6.45) is 72.1. The van der Waals surface area contributed by atoms with Crippen LogP contribution >= 0.6 is 0 Å². The first kappa shape index (κ1) is 67.3. The number of carbonyl (C=O) groups excluding carboxylic acids is 2. The lowest BCUT2D eigenvalue weighted by Crippen LogP contribution is -2.45. The van der Waals surface area contributed by atoms with Crippen molar-refractivity contribution < 1.29 is 24.5 Å². The van der Waals surface area contributed by atoms with Crippen LogP contribution in [0, 0.1) is 0 Å². The first-order valence-corrected chi connectivity index (χ1v) is 31.1. The molecule has 0 aromatic rings. The van der Waals surface area contributed by atoms with Gasteiger partial charge in [-0.05, 0) is 57.8 Å². The molecule has 408 valence electrons. The minimum absolute atomic E-state index is 0.0128. The third kappa shape index (κ3) is 55.5. The van der Waals surface area contributed by atoms with Gasteiger partial charge in [-0.15, -0.1) is 0 Å². The van der Waals surface area contributed by atoms with Crippen LogP contribution in [-0.2, 0) is 14.3 Å². The predicted octanol–water partition coefficient (Wildman–Crippen LogP) is 19.4. The Hall–Kier alpha value is -1.66. The van der Waals surface area contributed by atoms with Crippen LogP contribution in [0.1, 0.15) is 341 Å². The van der Waals surface area contributed by atoms with Gasteiger partial charge in [-0.3, -0.25) is 9.59 Å². The molecule has 1 amide bonds. The Morgan fingerprint density at radius 3 is 1.03 bits per heavy atom. The van der Waals surface area contributed by atoms with E-state index >= 15 is 0 Å². The fourth-order valence-corrected chi connectivity index (χ4v) is 9.69. The van der Waals surface area contributed by atoms with Gasteiger partial charge < -0.3 is 20.3 Å². The van der Waals surface area contributed by atoms with Crippen molar-refractivity contribution in [2.45, 2.75) is 353 Å². The molecule has 6 heteroatoms. The third-order valence-corrected chi connectivity index (χ3v) is 14.5. The van der Waals surface area contributed by atoms with Crippen molar-refractivity contribution in [3.63, 3.8) is 0 Å². The smallest absolute Gasteiger partial charge is 0.305 e. The molecule has 2 atom stereocenters. The lowest BCUT2D eigenvalue weighted by molar-refractivity contribution is -0.143. The monoisotopic (exact) mass is 972 g/mol. The summed E-state index contributed by atoms with van der Waals surface area (Å²) in [4.78, 5) is 24.6. The maximum Gasteiger partial charge on any atom is 0.305 e. The highest BCUT2D eigenvalue weighted by Gasteiger charge is 2.18. The summed E-state index contributed by atoms with van der Waals surface area (Å²) in [5.74, 6) is -0.0932. The highest BCUT2D eigenvalue weighted by atomic mass is 16.5. The molecule has 0 saturated carbocycles. The van der Waals surface area contributed by atoms with Crippen LogP contribution in [0.15, 0.2) is 24.3 Å². The van der Waals surface area contributed by atoms with Crippen molar-refractivity contribution in [2.24, 2.45) is 0 Å². The summed E-state index contributed by atoms with van der Waals surface area (Å²) in [7, 11) is 0. The molecule has 0 saturated heterocycles. The summed E-state index contributed by atoms with van der Waals surface area (Å²) in [5.41, 5.74) is 0. The summed E-state index contributed by atoms with van der Waals surface area (Å²) in [6.45, 7) is 4.89. The number of ether oxygens (including phenoxy) is 1. The van der Waals surface area contributed by atoms with Crippen molar-refractivity contribution in [3.05, 3.63) is 24.3 Å². The average Bonchev–Trinajstić information content (AvgIpc) is 3.35. The second-order valence-corrected chi connectivity index (χ2v) is 21.4. The van der Waals surface area contributed by atoms with Gasteiger partial charge in [-0.25, -0.2) is 0 Å². The number of unbranched alkanes of at least 4 members (excludes halogenated alkanes) is 45. The molecular formula is C63H121NO5. The van der Waals surface area contributed by atoms with Crippen molar-refractivity contribution in [1.82, 2.24) is 5.32 Å². The van der Waals surface area contributed by atoms with Crippen LogP contribution in [0.2, 0.25) is 0 Å². The van der Waals surface area contributed by atoms with Gasteiger partial charge in [0.25, 0.3) is 0 Å². The van der Waals surface area contributed by atoms with E-state index < -0.39 is 12.1 Å². The largest absolute Gasteiger partial charge is 0.466 e. The Kier molecular flexibility index (Phi) is 57.5. The van der Waals surface area contributed by atoms with Gasteiger partial charge in [-0.2, -0.15) is 0 Å². The zero-order chi connectivity index (χ0) is 50.0. The number of hydrogen-bond acceptors (Lipinski definition) is 5. The summed E-state index contributed by atoms with van der Waals surface area (Å²) in [5, 5.41) is 23.2. The second kappa shape index (κ2) is 58.9. The zero-order valence-electron chi connectivity index (χ0n) is 46.6. The molecule has 0 heterocycles. The van der Waals surface area contributed by atoms with E-state index in [1.54, 1.807) is 6.08 Å². The second-order valence-electron chi connectivity index (χ2n) is 21.4. The summed E-state index contributed by atoms with van der Waals surface area (Å²) < 4.78 is 5.48. The average molecular weight is 973 g/mol. The molecule has 0 fully saturated rings. The Balaban J connectivity index is 3.47. The van der Waals surface area contributed by atoms with Crippen molar-refractivity contribution in [2.75, 3.05) is 13.2 Å². The molecule has 2 unspecified atom stereocenters. The number of rotatable bonds is 58. The fourth-order valence-electron chi connectivity index (χ4n) is 9.69. The molecule has 3 N–H and O–H groups in total. The van der Waals surface area contributed by atoms with Crippen LogP contribution < -0.4 is 5.32 Å². The molecule has 0 spiro atoms. The van der Waals surface area contributed by atoms with Crippen LogP contribution in [0.25, 0.3) is 0 Å². The molecule has 0 aromatic carbocycles. The molecule has 0 aliphatic heterocycles. The van der Waals surface area contributed by atoms with Crippen LogP contribution in [0.3, 0.4) is 0 Å². The number of allylic oxidation sites excluding steroid dienone is 3. The molecule has 69 heavy (non-hydrogen) atoms. The zero-order valence-corrected chi connectivity index (χ0v) is 46.6. The van der Waals surface area contributed by atoms with Gasteiger partial charge in [0.15, 0.2) is 0 Å².